The normalized spacial score (nSPS) is 16.1. The minimum atomic E-state index is -5.08. The first-order valence-electron chi connectivity index (χ1n) is 11.2. The van der Waals surface area contributed by atoms with Gasteiger partial charge in [0, 0.05) is 12.7 Å². The molecule has 1 aliphatic rings. The van der Waals surface area contributed by atoms with Crippen molar-refractivity contribution in [3.63, 3.8) is 0 Å². The minimum Gasteiger partial charge on any atom is -0.497 e. The van der Waals surface area contributed by atoms with E-state index in [1.165, 1.54) is 11.0 Å². The highest BCUT2D eigenvalue weighted by atomic mass is 32.2. The number of alkyl halides is 3. The summed E-state index contributed by atoms with van der Waals surface area (Å²) in [6, 6.07) is 14.7. The molecule has 3 aromatic rings. The van der Waals surface area contributed by atoms with Crippen molar-refractivity contribution in [2.75, 3.05) is 20.3 Å². The highest BCUT2D eigenvalue weighted by molar-refractivity contribution is 7.89. The van der Waals surface area contributed by atoms with Gasteiger partial charge in [-0.05, 0) is 53.6 Å². The van der Waals surface area contributed by atoms with Gasteiger partial charge in [-0.2, -0.15) is 17.9 Å². The maximum atomic E-state index is 12.9. The Morgan fingerprint density at radius 3 is 2.51 bits per heavy atom. The molecule has 4 rings (SSSR count). The van der Waals surface area contributed by atoms with Crippen LogP contribution in [-0.4, -0.2) is 73.7 Å². The van der Waals surface area contributed by atoms with Crippen molar-refractivity contribution < 1.29 is 41.0 Å². The van der Waals surface area contributed by atoms with Crippen LogP contribution in [0.25, 0.3) is 10.8 Å². The van der Waals surface area contributed by atoms with E-state index in [0.717, 1.165) is 10.8 Å². The first-order valence-corrected chi connectivity index (χ1v) is 12.7. The SMILES string of the molecule is COc1ccc2ccc(S(=O)(=O)N[C@H]3CCN(CN=C(N)c4ccccn4)C3=O)cc2c1.O=C(O)C(F)(F)F. The van der Waals surface area contributed by atoms with E-state index in [1.807, 2.05) is 12.1 Å². The number of amidine groups is 1. The molecule has 39 heavy (non-hydrogen) atoms. The van der Waals surface area contributed by atoms with E-state index < -0.39 is 28.2 Å². The maximum absolute atomic E-state index is 12.9. The van der Waals surface area contributed by atoms with E-state index in [4.69, 9.17) is 20.4 Å². The molecule has 1 saturated heterocycles. The van der Waals surface area contributed by atoms with Gasteiger partial charge in [0.05, 0.1) is 12.0 Å². The van der Waals surface area contributed by atoms with E-state index in [-0.39, 0.29) is 23.3 Å². The number of carbonyl (C=O) groups is 2. The molecular formula is C24H24F3N5O6S. The number of benzene rings is 2. The Morgan fingerprint density at radius 2 is 1.90 bits per heavy atom. The van der Waals surface area contributed by atoms with Crippen molar-refractivity contribution in [1.29, 1.82) is 0 Å². The number of carbonyl (C=O) groups excluding carboxylic acids is 1. The lowest BCUT2D eigenvalue weighted by Gasteiger charge is -2.15. The van der Waals surface area contributed by atoms with Crippen molar-refractivity contribution in [2.24, 2.45) is 10.7 Å². The number of aliphatic carboxylic acids is 1. The number of carboxylic acids is 1. The number of likely N-dealkylation sites (tertiary alicyclic amines) is 1. The van der Waals surface area contributed by atoms with Crippen LogP contribution in [0.15, 0.2) is 70.7 Å². The van der Waals surface area contributed by atoms with Gasteiger partial charge in [0.2, 0.25) is 15.9 Å². The van der Waals surface area contributed by atoms with Crippen LogP contribution in [0.1, 0.15) is 12.1 Å². The lowest BCUT2D eigenvalue weighted by atomic mass is 10.1. The molecule has 1 atom stereocenters. The quantitative estimate of drug-likeness (QED) is 0.289. The molecule has 1 aromatic heterocycles. The molecule has 2 heterocycles. The van der Waals surface area contributed by atoms with Crippen LogP contribution in [0.3, 0.4) is 0 Å². The molecule has 1 fully saturated rings. The summed E-state index contributed by atoms with van der Waals surface area (Å²) in [5.74, 6) is -2.25. The summed E-state index contributed by atoms with van der Waals surface area (Å²) >= 11 is 0. The van der Waals surface area contributed by atoms with E-state index >= 15 is 0 Å². The third-order valence-electron chi connectivity index (χ3n) is 5.51. The number of hydrogen-bond acceptors (Lipinski definition) is 7. The number of fused-ring (bicyclic) bond motifs is 1. The molecule has 4 N–H and O–H groups in total. The monoisotopic (exact) mass is 567 g/mol. The molecule has 0 radical (unpaired) electrons. The Morgan fingerprint density at radius 1 is 1.21 bits per heavy atom. The number of ether oxygens (including phenoxy) is 1. The zero-order valence-electron chi connectivity index (χ0n) is 20.4. The Hall–Kier alpha value is -4.24. The lowest BCUT2D eigenvalue weighted by molar-refractivity contribution is -0.192. The predicted octanol–water partition coefficient (Wildman–Crippen LogP) is 2.12. The first-order chi connectivity index (χ1) is 18.3. The molecule has 2 aromatic carbocycles. The number of pyridine rings is 1. The van der Waals surface area contributed by atoms with E-state index in [1.54, 1.807) is 49.7 Å². The van der Waals surface area contributed by atoms with Gasteiger partial charge in [-0.15, -0.1) is 0 Å². The van der Waals surface area contributed by atoms with Crippen molar-refractivity contribution in [3.05, 3.63) is 66.5 Å². The first kappa shape index (κ1) is 29.3. The molecule has 0 bridgehead atoms. The van der Waals surface area contributed by atoms with Crippen LogP contribution in [0.2, 0.25) is 0 Å². The van der Waals surface area contributed by atoms with Gasteiger partial charge >= 0.3 is 12.1 Å². The van der Waals surface area contributed by atoms with Gasteiger partial charge in [-0.25, -0.2) is 18.2 Å². The largest absolute Gasteiger partial charge is 0.497 e. The molecule has 1 amide bonds. The summed E-state index contributed by atoms with van der Waals surface area (Å²) in [5, 5.41) is 8.74. The lowest BCUT2D eigenvalue weighted by Crippen LogP contribution is -2.41. The van der Waals surface area contributed by atoms with Crippen molar-refractivity contribution in [2.45, 2.75) is 23.5 Å². The number of methoxy groups -OCH3 is 1. The highest BCUT2D eigenvalue weighted by Gasteiger charge is 2.38. The topological polar surface area (TPSA) is 164 Å². The summed E-state index contributed by atoms with van der Waals surface area (Å²) in [5.41, 5.74) is 6.44. The van der Waals surface area contributed by atoms with Crippen molar-refractivity contribution in [3.8, 4) is 5.75 Å². The third kappa shape index (κ3) is 7.64. The number of aromatic nitrogens is 1. The molecule has 0 unspecified atom stereocenters. The third-order valence-corrected chi connectivity index (χ3v) is 6.97. The molecule has 15 heteroatoms. The van der Waals surface area contributed by atoms with Crippen molar-refractivity contribution in [1.82, 2.24) is 14.6 Å². The number of aliphatic imine (C=N–C) groups is 1. The molecule has 0 saturated carbocycles. The van der Waals surface area contributed by atoms with Crippen molar-refractivity contribution >= 4 is 38.5 Å². The maximum Gasteiger partial charge on any atom is 0.490 e. The van der Waals surface area contributed by atoms with Crippen LogP contribution in [0.4, 0.5) is 13.2 Å². The van der Waals surface area contributed by atoms with Crippen LogP contribution in [0.5, 0.6) is 5.75 Å². The standard InChI is InChI=1S/C22H23N5O4S.C2HF3O2/c1-31-17-7-5-15-6-8-18(13-16(15)12-17)32(29,30)26-20-9-11-27(22(20)28)14-25-21(23)19-4-2-3-10-24-19;3-2(4,5)1(6)7/h2-8,10,12-13,20,26H,9,11,14H2,1H3,(H2,23,25);(H,6,7)/t20-;/m0./s1. The Balaban J connectivity index is 0.000000532. The van der Waals surface area contributed by atoms with E-state index in [2.05, 4.69) is 14.7 Å². The fraction of sp³-hybridized carbons (Fsp3) is 0.250. The summed E-state index contributed by atoms with van der Waals surface area (Å²) in [4.78, 5) is 31.5. The Bertz CT molecular complexity index is 1480. The number of sulfonamides is 1. The molecule has 0 aliphatic carbocycles. The van der Waals surface area contributed by atoms with Gasteiger partial charge < -0.3 is 20.5 Å². The van der Waals surface area contributed by atoms with Gasteiger partial charge in [0.15, 0.2) is 0 Å². The van der Waals surface area contributed by atoms with Crippen LogP contribution >= 0.6 is 0 Å². The fourth-order valence-corrected chi connectivity index (χ4v) is 4.76. The molecule has 208 valence electrons. The zero-order valence-corrected chi connectivity index (χ0v) is 21.2. The number of carboxylic acid groups (broad SMARTS) is 1. The predicted molar refractivity (Wildman–Crippen MR) is 134 cm³/mol. The molecule has 1 aliphatic heterocycles. The van der Waals surface area contributed by atoms with Gasteiger partial charge in [0.25, 0.3) is 0 Å². The summed E-state index contributed by atoms with van der Waals surface area (Å²) < 4.78 is 65.3. The van der Waals surface area contributed by atoms with Crippen LogP contribution in [0, 0.1) is 0 Å². The second-order valence-electron chi connectivity index (χ2n) is 8.14. The zero-order chi connectivity index (χ0) is 28.8. The highest BCUT2D eigenvalue weighted by Crippen LogP contribution is 2.24. The second-order valence-corrected chi connectivity index (χ2v) is 9.86. The molecular weight excluding hydrogens is 543 g/mol. The van der Waals surface area contributed by atoms with Crippen LogP contribution in [-0.2, 0) is 19.6 Å². The van der Waals surface area contributed by atoms with Gasteiger partial charge in [-0.1, -0.05) is 18.2 Å². The summed E-state index contributed by atoms with van der Waals surface area (Å²) in [6.45, 7) is 0.412. The number of rotatable bonds is 7. The number of nitrogens with zero attached hydrogens (tertiary/aromatic N) is 3. The van der Waals surface area contributed by atoms with Gasteiger partial charge in [0.1, 0.15) is 30.0 Å². The van der Waals surface area contributed by atoms with Gasteiger partial charge in [-0.3, -0.25) is 9.78 Å². The average Bonchev–Trinajstić information content (AvgIpc) is 3.24. The smallest absolute Gasteiger partial charge is 0.490 e. The fourth-order valence-electron chi connectivity index (χ4n) is 3.50. The number of nitrogens with one attached hydrogen (secondary N) is 1. The number of nitrogens with two attached hydrogens (primary N) is 1. The van der Waals surface area contributed by atoms with Crippen LogP contribution < -0.4 is 15.2 Å². The summed E-state index contributed by atoms with van der Waals surface area (Å²) in [6.07, 6.45) is -3.13. The van der Waals surface area contributed by atoms with E-state index in [9.17, 15) is 26.4 Å². The summed E-state index contributed by atoms with van der Waals surface area (Å²) in [7, 11) is -2.34. The number of amides is 1. The van der Waals surface area contributed by atoms with E-state index in [0.29, 0.717) is 24.4 Å². The Kier molecular flexibility index (Phi) is 9.08. The Labute approximate surface area is 221 Å². The number of halogens is 3. The minimum absolute atomic E-state index is 0.0369. The second kappa shape index (κ2) is 12.1. The molecule has 0 spiro atoms. The molecule has 11 nitrogen and oxygen atoms in total. The number of hydrogen-bond donors (Lipinski definition) is 3. The average molecular weight is 568 g/mol.